The van der Waals surface area contributed by atoms with Crippen molar-refractivity contribution in [2.45, 2.75) is 79.6 Å². The van der Waals surface area contributed by atoms with Gasteiger partial charge < -0.3 is 5.48 Å². The van der Waals surface area contributed by atoms with E-state index < -0.39 is 0 Å². The highest BCUT2D eigenvalue weighted by Crippen LogP contribution is 2.38. The van der Waals surface area contributed by atoms with Gasteiger partial charge in [-0.25, -0.2) is 0 Å². The zero-order valence-corrected chi connectivity index (χ0v) is 21.0. The number of hydrogen-bond acceptors (Lipinski definition) is 1. The Labute approximate surface area is 187 Å². The second-order valence-corrected chi connectivity index (χ2v) is 7.21. The Bertz CT molecular complexity index is 663. The molecule has 2 aromatic carbocycles. The van der Waals surface area contributed by atoms with Crippen molar-refractivity contribution >= 4 is 36.9 Å². The average molecular weight is 425 g/mol. The molecule has 162 valence electrons. The van der Waals surface area contributed by atoms with Crippen LogP contribution in [-0.4, -0.2) is 11.2 Å². The van der Waals surface area contributed by atoms with Gasteiger partial charge in [0.2, 0.25) is 0 Å². The third-order valence-corrected chi connectivity index (χ3v) is 5.13. The predicted octanol–water partition coefficient (Wildman–Crippen LogP) is 7.68. The molecule has 0 fully saturated rings. The van der Waals surface area contributed by atoms with E-state index in [4.69, 9.17) is 0 Å². The summed E-state index contributed by atoms with van der Waals surface area (Å²) in [5, 5.41) is 2.70. The maximum absolute atomic E-state index is 4.31. The summed E-state index contributed by atoms with van der Waals surface area (Å²) in [5.41, 5.74) is 4.16. The number of rotatable bonds is 7. The molecular weight excluding hydrogens is 380 g/mol. The Morgan fingerprint density at radius 1 is 0.929 bits per heavy atom. The van der Waals surface area contributed by atoms with Crippen molar-refractivity contribution in [3.05, 3.63) is 59.7 Å². The van der Waals surface area contributed by atoms with Crippen LogP contribution in [0.3, 0.4) is 0 Å². The summed E-state index contributed by atoms with van der Waals surface area (Å²) in [6.45, 7) is 19.0. The Morgan fingerprint density at radius 2 is 1.50 bits per heavy atom. The third kappa shape index (κ3) is 8.63. The number of hydrogen-bond donors (Lipinski definition) is 1. The van der Waals surface area contributed by atoms with Crippen molar-refractivity contribution in [3.63, 3.8) is 0 Å². The first-order chi connectivity index (χ1) is 12.5. The summed E-state index contributed by atoms with van der Waals surface area (Å²) in [6, 6.07) is 13.3. The lowest BCUT2D eigenvalue weighted by molar-refractivity contribution is 0.617. The first-order valence-electron chi connectivity index (χ1n) is 10.3. The molecule has 0 spiro atoms. The topological polar surface area (TPSA) is 31.5 Å². The van der Waals surface area contributed by atoms with Crippen molar-refractivity contribution in [1.82, 2.24) is 0 Å². The molecule has 1 nitrogen and oxygen atoms in total. The van der Waals surface area contributed by atoms with Gasteiger partial charge in [0.1, 0.15) is 0 Å². The van der Waals surface area contributed by atoms with Crippen LogP contribution in [0.15, 0.2) is 48.6 Å². The van der Waals surface area contributed by atoms with Crippen molar-refractivity contribution in [2.75, 3.05) is 5.75 Å². The lowest BCUT2D eigenvalue weighted by atomic mass is 9.74. The molecule has 0 heterocycles. The maximum atomic E-state index is 4.31. The molecule has 0 atom stereocenters. The summed E-state index contributed by atoms with van der Waals surface area (Å²) in [4.78, 5) is 0. The first-order valence-corrected chi connectivity index (χ1v) is 10.9. The Morgan fingerprint density at radius 3 is 2.04 bits per heavy atom. The maximum Gasteiger partial charge on any atom is 0.0108 e. The van der Waals surface area contributed by atoms with Crippen LogP contribution in [0.4, 0.5) is 0 Å². The van der Waals surface area contributed by atoms with Crippen LogP contribution in [0.5, 0.6) is 0 Å². The van der Waals surface area contributed by atoms with Gasteiger partial charge in [-0.1, -0.05) is 96.5 Å². The predicted molar refractivity (Wildman–Crippen MR) is 140 cm³/mol. The fourth-order valence-electron chi connectivity index (χ4n) is 3.08. The second kappa shape index (κ2) is 17.0. The van der Waals surface area contributed by atoms with Gasteiger partial charge in [-0.3, -0.25) is 0 Å². The summed E-state index contributed by atoms with van der Waals surface area (Å²) in [7, 11) is 0. The van der Waals surface area contributed by atoms with E-state index in [0.29, 0.717) is 0 Å². The SMILES string of the molecule is C=C(C)C(C)(C)c1c(CCCCCS)ccc2ccccc12.CC.CC.O.S. The standard InChI is InChI=1S/C21H28S.2C2H6.H2O.H2S/c1-16(2)21(3,4)20-18(11-6-5-9-15-22)14-13-17-10-7-8-12-19(17)20;2*1-2;;/h7-8,10,12-14,22H,1,5-6,9,11,15H2,2-4H3;2*1-2H3;2*1H2. The van der Waals surface area contributed by atoms with Gasteiger partial charge >= 0.3 is 0 Å². The van der Waals surface area contributed by atoms with Crippen LogP contribution in [0.1, 0.15) is 78.9 Å². The van der Waals surface area contributed by atoms with E-state index in [0.717, 1.165) is 12.2 Å². The highest BCUT2D eigenvalue weighted by molar-refractivity contribution is 7.80. The Hall–Kier alpha value is -0.900. The fraction of sp³-hybridized carbons (Fsp3) is 0.520. The van der Waals surface area contributed by atoms with Gasteiger partial charge in [-0.05, 0) is 53.8 Å². The summed E-state index contributed by atoms with van der Waals surface area (Å²) in [5.74, 6) is 0.988. The van der Waals surface area contributed by atoms with E-state index in [1.807, 2.05) is 27.7 Å². The van der Waals surface area contributed by atoms with Crippen molar-refractivity contribution in [2.24, 2.45) is 0 Å². The largest absolute Gasteiger partial charge is 0.412 e. The molecule has 2 aromatic rings. The zero-order chi connectivity index (χ0) is 20.2. The Kier molecular flexibility index (Phi) is 19.3. The van der Waals surface area contributed by atoms with Crippen molar-refractivity contribution < 1.29 is 5.48 Å². The molecule has 0 amide bonds. The molecule has 0 aliphatic rings. The Balaban J connectivity index is -0.000000978. The average Bonchev–Trinajstić information content (AvgIpc) is 2.67. The first kappa shape index (κ1) is 31.8. The van der Waals surface area contributed by atoms with Crippen LogP contribution >= 0.6 is 26.1 Å². The molecule has 0 unspecified atom stereocenters. The molecule has 0 bridgehead atoms. The molecule has 2 N–H and O–H groups in total. The van der Waals surface area contributed by atoms with Crippen LogP contribution < -0.4 is 0 Å². The smallest absolute Gasteiger partial charge is 0.0108 e. The molecular formula is C25H44OS2. The molecule has 0 radical (unpaired) electrons. The van der Waals surface area contributed by atoms with E-state index in [1.54, 1.807) is 0 Å². The number of aryl methyl sites for hydroxylation is 1. The highest BCUT2D eigenvalue weighted by Gasteiger charge is 2.26. The van der Waals surface area contributed by atoms with E-state index in [9.17, 15) is 0 Å². The monoisotopic (exact) mass is 424 g/mol. The minimum atomic E-state index is -0.000255. The molecule has 0 aliphatic heterocycles. The van der Waals surface area contributed by atoms with Gasteiger partial charge in [-0.2, -0.15) is 26.1 Å². The van der Waals surface area contributed by atoms with Crippen molar-refractivity contribution in [1.29, 1.82) is 0 Å². The van der Waals surface area contributed by atoms with Gasteiger partial charge in [-0.15, -0.1) is 0 Å². The van der Waals surface area contributed by atoms with Crippen LogP contribution in [-0.2, 0) is 11.8 Å². The normalized spacial score (nSPS) is 9.71. The van der Waals surface area contributed by atoms with Crippen LogP contribution in [0.25, 0.3) is 10.8 Å². The second-order valence-electron chi connectivity index (χ2n) is 6.76. The third-order valence-electron chi connectivity index (χ3n) is 4.81. The molecule has 0 aromatic heterocycles. The number of benzene rings is 2. The minimum absolute atomic E-state index is 0. The van der Waals surface area contributed by atoms with Crippen LogP contribution in [0.2, 0.25) is 0 Å². The van der Waals surface area contributed by atoms with Gasteiger partial charge in [0.25, 0.3) is 0 Å². The number of allylic oxidation sites excluding steroid dienone is 1. The summed E-state index contributed by atoms with van der Waals surface area (Å²) >= 11 is 4.31. The van der Waals surface area contributed by atoms with Crippen LogP contribution in [0, 0.1) is 0 Å². The van der Waals surface area contributed by atoms with E-state index in [2.05, 4.69) is 76.4 Å². The van der Waals surface area contributed by atoms with E-state index in [-0.39, 0.29) is 24.4 Å². The highest BCUT2D eigenvalue weighted by atomic mass is 32.1. The van der Waals surface area contributed by atoms with E-state index in [1.165, 1.54) is 46.7 Å². The molecule has 3 heteroatoms. The molecule has 28 heavy (non-hydrogen) atoms. The fourth-order valence-corrected chi connectivity index (χ4v) is 3.30. The molecule has 0 saturated heterocycles. The van der Waals surface area contributed by atoms with E-state index >= 15 is 0 Å². The molecule has 0 aliphatic carbocycles. The molecule has 2 rings (SSSR count). The van der Waals surface area contributed by atoms with Gasteiger partial charge in [0.05, 0.1) is 0 Å². The molecule has 0 saturated carbocycles. The lowest BCUT2D eigenvalue weighted by Gasteiger charge is -2.30. The number of unbranched alkanes of at least 4 members (excludes halogenated alkanes) is 2. The summed E-state index contributed by atoms with van der Waals surface area (Å²) in [6.07, 6.45) is 4.84. The number of thiol groups is 1. The minimum Gasteiger partial charge on any atom is -0.412 e. The van der Waals surface area contributed by atoms with Gasteiger partial charge in [0.15, 0.2) is 0 Å². The van der Waals surface area contributed by atoms with Crippen molar-refractivity contribution in [3.8, 4) is 0 Å². The quantitative estimate of drug-likeness (QED) is 0.268. The summed E-state index contributed by atoms with van der Waals surface area (Å²) < 4.78 is 0. The van der Waals surface area contributed by atoms with Gasteiger partial charge in [0, 0.05) is 5.41 Å². The number of fused-ring (bicyclic) bond motifs is 1. The lowest BCUT2D eigenvalue weighted by Crippen LogP contribution is -2.21. The zero-order valence-electron chi connectivity index (χ0n) is 19.2.